The van der Waals surface area contributed by atoms with Gasteiger partial charge in [-0.3, -0.25) is 8.98 Å². The van der Waals surface area contributed by atoms with Crippen molar-refractivity contribution in [3.05, 3.63) is 74.4 Å². The van der Waals surface area contributed by atoms with E-state index >= 15 is 0 Å². The zero-order chi connectivity index (χ0) is 27.7. The number of aromatic nitrogens is 2. The summed E-state index contributed by atoms with van der Waals surface area (Å²) in [4.78, 5) is 23.4. The average molecular weight is 569 g/mol. The number of aliphatic hydroxyl groups is 1. The molecule has 0 radical (unpaired) electrons. The first-order valence-corrected chi connectivity index (χ1v) is 14.6. The van der Waals surface area contributed by atoms with Crippen LogP contribution in [-0.2, 0) is 25.6 Å². The maximum atomic E-state index is 13.7. The zero-order valence-electron chi connectivity index (χ0n) is 21.4. The molecule has 4 atom stereocenters. The molecule has 2 aliphatic rings. The van der Waals surface area contributed by atoms with E-state index in [-0.39, 0.29) is 36.3 Å². The second-order valence-electron chi connectivity index (χ2n) is 9.47. The number of nitrogens with one attached hydrogen (secondary N) is 2. The number of aryl methyl sites for hydroxylation is 1. The van der Waals surface area contributed by atoms with Crippen LogP contribution in [0.4, 0.5) is 5.82 Å². The minimum atomic E-state index is -3.96. The molecule has 5 rings (SSSR count). The summed E-state index contributed by atoms with van der Waals surface area (Å²) in [6, 6.07) is 7.43. The molecular weight excluding hydrogens is 540 g/mol. The van der Waals surface area contributed by atoms with Crippen LogP contribution in [0.3, 0.4) is 0 Å². The SMILES string of the molecule is C#Cc1ccc2c(c1)[C@@H](c1cc(C(=O)c3cncnc3N[C@@H]3C[C@H](O)[C@H](OS(=O)(=O)NC)C3)sc1C)OCC2. The van der Waals surface area contributed by atoms with Gasteiger partial charge in [0.1, 0.15) is 24.4 Å². The number of fused-ring (bicyclic) bond motifs is 1. The van der Waals surface area contributed by atoms with Crippen molar-refractivity contribution in [3.63, 3.8) is 0 Å². The monoisotopic (exact) mass is 568 g/mol. The fraction of sp³-hybridized carbons (Fsp3) is 0.370. The molecule has 0 saturated heterocycles. The van der Waals surface area contributed by atoms with Crippen LogP contribution in [0.1, 0.15) is 61.3 Å². The third-order valence-electron chi connectivity index (χ3n) is 6.98. The molecule has 10 nitrogen and oxygen atoms in total. The first-order chi connectivity index (χ1) is 18.7. The molecule has 12 heteroatoms. The minimum Gasteiger partial charge on any atom is -0.390 e. The Bertz CT molecular complexity index is 1550. The number of anilines is 1. The number of ketones is 1. The second kappa shape index (κ2) is 11.1. The van der Waals surface area contributed by atoms with Gasteiger partial charge < -0.3 is 15.2 Å². The normalized spacial score (nSPS) is 22.7. The van der Waals surface area contributed by atoms with Crippen LogP contribution in [0.5, 0.6) is 0 Å². The van der Waals surface area contributed by atoms with Crippen LogP contribution in [0.15, 0.2) is 36.8 Å². The Labute approximate surface area is 231 Å². The van der Waals surface area contributed by atoms with E-state index in [1.54, 1.807) is 0 Å². The molecule has 39 heavy (non-hydrogen) atoms. The number of aliphatic hydroxyl groups excluding tert-OH is 1. The Kier molecular flexibility index (Phi) is 7.82. The Balaban J connectivity index is 1.38. The van der Waals surface area contributed by atoms with Crippen molar-refractivity contribution < 1.29 is 27.2 Å². The molecule has 1 fully saturated rings. The highest BCUT2D eigenvalue weighted by Gasteiger charge is 2.37. The van der Waals surface area contributed by atoms with E-state index in [9.17, 15) is 18.3 Å². The molecule has 1 aromatic carbocycles. The highest BCUT2D eigenvalue weighted by atomic mass is 32.2. The summed E-state index contributed by atoms with van der Waals surface area (Å²) >= 11 is 1.37. The van der Waals surface area contributed by atoms with E-state index in [2.05, 4.69) is 25.9 Å². The maximum absolute atomic E-state index is 13.7. The number of ether oxygens (including phenoxy) is 1. The van der Waals surface area contributed by atoms with Crippen molar-refractivity contribution in [2.24, 2.45) is 0 Å². The van der Waals surface area contributed by atoms with Gasteiger partial charge in [-0.15, -0.1) is 17.8 Å². The topological polar surface area (TPSA) is 140 Å². The fourth-order valence-corrected chi connectivity index (χ4v) is 6.64. The van der Waals surface area contributed by atoms with Gasteiger partial charge in [-0.2, -0.15) is 13.1 Å². The van der Waals surface area contributed by atoms with E-state index in [1.807, 2.05) is 31.2 Å². The number of nitrogens with zero attached hydrogens (tertiary/aromatic N) is 2. The quantitative estimate of drug-likeness (QED) is 0.276. The Morgan fingerprint density at radius 3 is 2.87 bits per heavy atom. The van der Waals surface area contributed by atoms with Gasteiger partial charge >= 0.3 is 10.3 Å². The second-order valence-corrected chi connectivity index (χ2v) is 12.2. The molecular formula is C27H28N4O6S2. The van der Waals surface area contributed by atoms with E-state index in [4.69, 9.17) is 15.3 Å². The maximum Gasteiger partial charge on any atom is 0.335 e. The summed E-state index contributed by atoms with van der Waals surface area (Å²) in [5, 5.41) is 13.5. The lowest BCUT2D eigenvalue weighted by atomic mass is 9.91. The molecule has 2 aromatic heterocycles. The Hall–Kier alpha value is -3.18. The number of carbonyl (C=O) groups is 1. The van der Waals surface area contributed by atoms with Crippen molar-refractivity contribution >= 4 is 33.2 Å². The van der Waals surface area contributed by atoms with E-state index in [0.717, 1.165) is 28.0 Å². The molecule has 1 saturated carbocycles. The van der Waals surface area contributed by atoms with Crippen LogP contribution >= 0.6 is 11.3 Å². The number of carbonyl (C=O) groups excluding carboxylic acids is 1. The molecule has 3 heterocycles. The highest BCUT2D eigenvalue weighted by Crippen LogP contribution is 2.39. The van der Waals surface area contributed by atoms with Crippen molar-refractivity contribution in [3.8, 4) is 12.3 Å². The summed E-state index contributed by atoms with van der Waals surface area (Å²) in [5.74, 6) is 2.73. The zero-order valence-corrected chi connectivity index (χ0v) is 23.0. The Morgan fingerprint density at radius 2 is 2.10 bits per heavy atom. The number of benzene rings is 1. The van der Waals surface area contributed by atoms with Gasteiger partial charge in [0.15, 0.2) is 0 Å². The summed E-state index contributed by atoms with van der Waals surface area (Å²) in [5.41, 5.74) is 4.15. The summed E-state index contributed by atoms with van der Waals surface area (Å²) in [7, 11) is -2.73. The lowest BCUT2D eigenvalue weighted by molar-refractivity contribution is 0.0636. The molecule has 3 aromatic rings. The van der Waals surface area contributed by atoms with Gasteiger partial charge in [-0.25, -0.2) is 9.97 Å². The number of hydrogen-bond donors (Lipinski definition) is 3. The largest absolute Gasteiger partial charge is 0.390 e. The first-order valence-electron chi connectivity index (χ1n) is 12.4. The van der Waals surface area contributed by atoms with E-state index in [1.165, 1.54) is 36.5 Å². The molecule has 0 spiro atoms. The predicted molar refractivity (Wildman–Crippen MR) is 146 cm³/mol. The van der Waals surface area contributed by atoms with Gasteiger partial charge in [0.25, 0.3) is 0 Å². The smallest absolute Gasteiger partial charge is 0.335 e. The van der Waals surface area contributed by atoms with Gasteiger partial charge in [-0.05, 0) is 61.1 Å². The van der Waals surface area contributed by atoms with Crippen LogP contribution in [0.25, 0.3) is 0 Å². The molecule has 0 amide bonds. The predicted octanol–water partition coefficient (Wildman–Crippen LogP) is 2.51. The van der Waals surface area contributed by atoms with Gasteiger partial charge in [0, 0.05) is 29.7 Å². The van der Waals surface area contributed by atoms with Gasteiger partial charge in [0.2, 0.25) is 5.78 Å². The third-order valence-corrected chi connectivity index (χ3v) is 9.05. The van der Waals surface area contributed by atoms with Crippen LogP contribution in [0.2, 0.25) is 0 Å². The molecule has 1 aliphatic carbocycles. The van der Waals surface area contributed by atoms with Crippen LogP contribution in [-0.4, -0.2) is 61.2 Å². The summed E-state index contributed by atoms with van der Waals surface area (Å²) < 4.78 is 36.8. The summed E-state index contributed by atoms with van der Waals surface area (Å²) in [6.45, 7) is 2.53. The molecule has 0 unspecified atom stereocenters. The minimum absolute atomic E-state index is 0.208. The standard InChI is InChI=1S/C27H28N4O6S2/c1-4-16-5-6-17-7-8-36-26(20(17)9-16)19-12-24(38-15(19)2)25(33)21-13-29-14-30-27(21)31-18-10-22(32)23(11-18)37-39(34,35)28-3/h1,5-6,9,12-14,18,22-23,26,28,32H,7-8,10-11H2,2-3H3,(H,29,30,31)/t18-,22+,23-,26-/m1/s1. The van der Waals surface area contributed by atoms with Crippen molar-refractivity contribution in [2.45, 2.75) is 50.5 Å². The molecule has 3 N–H and O–H groups in total. The van der Waals surface area contributed by atoms with Crippen LogP contribution < -0.4 is 10.0 Å². The van der Waals surface area contributed by atoms with Crippen LogP contribution in [0, 0.1) is 19.3 Å². The highest BCUT2D eigenvalue weighted by molar-refractivity contribution is 7.84. The molecule has 204 valence electrons. The molecule has 0 bridgehead atoms. The number of hydrogen-bond acceptors (Lipinski definition) is 10. The fourth-order valence-electron chi connectivity index (χ4n) is 5.00. The van der Waals surface area contributed by atoms with Gasteiger partial charge in [0.05, 0.1) is 23.2 Å². The van der Waals surface area contributed by atoms with Gasteiger partial charge in [-0.1, -0.05) is 12.0 Å². The third kappa shape index (κ3) is 5.74. The average Bonchev–Trinajstić information content (AvgIpc) is 3.48. The number of thiophene rings is 1. The number of terminal acetylenes is 1. The Morgan fingerprint density at radius 1 is 1.28 bits per heavy atom. The lowest BCUT2D eigenvalue weighted by Crippen LogP contribution is -2.31. The first kappa shape index (κ1) is 27.4. The van der Waals surface area contributed by atoms with Crippen molar-refractivity contribution in [1.82, 2.24) is 14.7 Å². The molecule has 1 aliphatic heterocycles. The van der Waals surface area contributed by atoms with Crippen molar-refractivity contribution in [1.29, 1.82) is 0 Å². The van der Waals surface area contributed by atoms with Crippen molar-refractivity contribution in [2.75, 3.05) is 19.0 Å². The van der Waals surface area contributed by atoms with E-state index < -0.39 is 22.5 Å². The summed E-state index contributed by atoms with van der Waals surface area (Å²) in [6.07, 6.45) is 7.38. The number of rotatable bonds is 8. The lowest BCUT2D eigenvalue weighted by Gasteiger charge is -2.26. The van der Waals surface area contributed by atoms with E-state index in [0.29, 0.717) is 17.3 Å².